The Morgan fingerprint density at radius 2 is 1.58 bits per heavy atom. The van der Waals surface area contributed by atoms with E-state index in [1.807, 2.05) is 13.8 Å². The van der Waals surface area contributed by atoms with E-state index < -0.39 is 6.10 Å². The maximum atomic E-state index is 9.04. The Morgan fingerprint density at radius 3 is 1.95 bits per heavy atom. The lowest BCUT2D eigenvalue weighted by Crippen LogP contribution is -2.21. The lowest BCUT2D eigenvalue weighted by atomic mass is 10.0. The Hall–Kier alpha value is -0.160. The summed E-state index contributed by atoms with van der Waals surface area (Å²) in [6, 6.07) is 0. The van der Waals surface area contributed by atoms with Gasteiger partial charge in [0.25, 0.3) is 0 Å². The van der Waals surface area contributed by atoms with Crippen LogP contribution in [0.2, 0.25) is 0 Å². The van der Waals surface area contributed by atoms with Gasteiger partial charge >= 0.3 is 0 Å². The van der Waals surface area contributed by atoms with Gasteiger partial charge in [-0.1, -0.05) is 33.1 Å². The maximum absolute atomic E-state index is 9.04. The largest absolute Gasteiger partial charge is 0.394 e. The van der Waals surface area contributed by atoms with Crippen LogP contribution >= 0.6 is 0 Å². The van der Waals surface area contributed by atoms with Crippen molar-refractivity contribution >= 4 is 0 Å². The molecule has 0 aliphatic rings. The second-order valence-electron chi connectivity index (χ2n) is 4.57. The summed E-state index contributed by atoms with van der Waals surface area (Å²) < 4.78 is 10.2. The molecular formula is C15H34O4. The van der Waals surface area contributed by atoms with Crippen LogP contribution < -0.4 is 0 Å². The van der Waals surface area contributed by atoms with Gasteiger partial charge in [-0.2, -0.15) is 0 Å². The summed E-state index contributed by atoms with van der Waals surface area (Å²) in [4.78, 5) is 0. The molecule has 0 saturated heterocycles. The highest BCUT2D eigenvalue weighted by Crippen LogP contribution is 2.12. The average molecular weight is 278 g/mol. The normalized spacial score (nSPS) is 13.6. The summed E-state index contributed by atoms with van der Waals surface area (Å²) in [6.45, 7) is 10.7. The molecule has 0 aromatic carbocycles. The summed E-state index contributed by atoms with van der Waals surface area (Å²) in [5.74, 6) is 0.598. The van der Waals surface area contributed by atoms with Crippen LogP contribution in [-0.2, 0) is 9.47 Å². The summed E-state index contributed by atoms with van der Waals surface area (Å²) in [5, 5.41) is 17.6. The lowest BCUT2D eigenvalue weighted by molar-refractivity contribution is -0.00599. The molecule has 0 aliphatic carbocycles. The molecule has 0 rings (SSSR count). The monoisotopic (exact) mass is 278 g/mol. The van der Waals surface area contributed by atoms with E-state index in [4.69, 9.17) is 19.7 Å². The number of hydrogen-bond donors (Lipinski definition) is 2. The van der Waals surface area contributed by atoms with E-state index >= 15 is 0 Å². The number of unbranched alkanes of at least 4 members (excludes halogenated alkanes) is 1. The fourth-order valence-corrected chi connectivity index (χ4v) is 1.53. The molecule has 0 radical (unpaired) electrons. The van der Waals surface area contributed by atoms with Gasteiger partial charge < -0.3 is 19.7 Å². The van der Waals surface area contributed by atoms with Gasteiger partial charge in [0, 0.05) is 19.8 Å². The van der Waals surface area contributed by atoms with Gasteiger partial charge in [0.2, 0.25) is 0 Å². The first-order valence-electron chi connectivity index (χ1n) is 7.60. The number of ether oxygens (including phenoxy) is 2. The minimum absolute atomic E-state index is 0.217. The first kappa shape index (κ1) is 21.1. The van der Waals surface area contributed by atoms with Crippen LogP contribution in [-0.4, -0.2) is 49.4 Å². The molecule has 0 saturated carbocycles. The highest BCUT2D eigenvalue weighted by molar-refractivity contribution is 4.57. The Kier molecular flexibility index (Phi) is 19.9. The molecule has 0 aromatic heterocycles. The minimum Gasteiger partial charge on any atom is -0.394 e. The Morgan fingerprint density at radius 1 is 0.947 bits per heavy atom. The molecule has 0 aromatic rings. The zero-order chi connectivity index (χ0) is 14.9. The Bertz CT molecular complexity index is 151. The zero-order valence-electron chi connectivity index (χ0n) is 13.2. The third-order valence-electron chi connectivity index (χ3n) is 2.83. The number of aliphatic hydroxyl groups is 2. The predicted molar refractivity (Wildman–Crippen MR) is 79.4 cm³/mol. The highest BCUT2D eigenvalue weighted by atomic mass is 16.5. The lowest BCUT2D eigenvalue weighted by Gasteiger charge is -2.15. The SMILES string of the molecule is CCCCC(CC)COCC(O)CO.CCOCC. The van der Waals surface area contributed by atoms with Crippen LogP contribution in [0.15, 0.2) is 0 Å². The molecule has 19 heavy (non-hydrogen) atoms. The molecule has 2 unspecified atom stereocenters. The third kappa shape index (κ3) is 17.8. The molecular weight excluding hydrogens is 244 g/mol. The van der Waals surface area contributed by atoms with Gasteiger partial charge in [0.05, 0.1) is 13.2 Å². The highest BCUT2D eigenvalue weighted by Gasteiger charge is 2.07. The van der Waals surface area contributed by atoms with Gasteiger partial charge in [0.1, 0.15) is 6.10 Å². The maximum Gasteiger partial charge on any atom is 0.100 e. The summed E-state index contributed by atoms with van der Waals surface area (Å²) in [6.07, 6.45) is 4.05. The molecule has 0 fully saturated rings. The van der Waals surface area contributed by atoms with Gasteiger partial charge in [-0.05, 0) is 26.2 Å². The molecule has 4 nitrogen and oxygen atoms in total. The molecule has 0 bridgehead atoms. The van der Waals surface area contributed by atoms with E-state index in [1.54, 1.807) is 0 Å². The molecule has 2 atom stereocenters. The first-order chi connectivity index (χ1) is 9.15. The molecule has 4 heteroatoms. The molecule has 0 amide bonds. The fraction of sp³-hybridized carbons (Fsp3) is 1.00. The second kappa shape index (κ2) is 17.8. The third-order valence-corrected chi connectivity index (χ3v) is 2.83. The molecule has 0 heterocycles. The average Bonchev–Trinajstić information content (AvgIpc) is 2.43. The summed E-state index contributed by atoms with van der Waals surface area (Å²) in [7, 11) is 0. The van der Waals surface area contributed by atoms with Crippen LogP contribution in [0.1, 0.15) is 53.4 Å². The van der Waals surface area contributed by atoms with E-state index in [-0.39, 0.29) is 13.2 Å². The Balaban J connectivity index is 0. The van der Waals surface area contributed by atoms with E-state index in [0.717, 1.165) is 19.6 Å². The van der Waals surface area contributed by atoms with E-state index in [9.17, 15) is 0 Å². The van der Waals surface area contributed by atoms with E-state index in [2.05, 4.69) is 13.8 Å². The van der Waals surface area contributed by atoms with Crippen molar-refractivity contribution in [1.82, 2.24) is 0 Å². The van der Waals surface area contributed by atoms with Crippen LogP contribution in [0.5, 0.6) is 0 Å². The van der Waals surface area contributed by atoms with Crippen molar-refractivity contribution in [3.8, 4) is 0 Å². The van der Waals surface area contributed by atoms with Crippen LogP contribution in [0, 0.1) is 5.92 Å². The molecule has 0 aliphatic heterocycles. The first-order valence-corrected chi connectivity index (χ1v) is 7.60. The zero-order valence-corrected chi connectivity index (χ0v) is 13.2. The van der Waals surface area contributed by atoms with Crippen LogP contribution in [0.25, 0.3) is 0 Å². The van der Waals surface area contributed by atoms with Gasteiger partial charge in [-0.25, -0.2) is 0 Å². The second-order valence-corrected chi connectivity index (χ2v) is 4.57. The van der Waals surface area contributed by atoms with Crippen LogP contribution in [0.3, 0.4) is 0 Å². The minimum atomic E-state index is -0.723. The molecule has 0 spiro atoms. The predicted octanol–water partition coefficient (Wildman–Crippen LogP) is 2.62. The van der Waals surface area contributed by atoms with Crippen molar-refractivity contribution in [3.05, 3.63) is 0 Å². The van der Waals surface area contributed by atoms with Gasteiger partial charge in [-0.3, -0.25) is 0 Å². The number of aliphatic hydroxyl groups excluding tert-OH is 2. The van der Waals surface area contributed by atoms with E-state index in [0.29, 0.717) is 12.5 Å². The summed E-state index contributed by atoms with van der Waals surface area (Å²) in [5.41, 5.74) is 0. The smallest absolute Gasteiger partial charge is 0.100 e. The van der Waals surface area contributed by atoms with Crippen molar-refractivity contribution in [1.29, 1.82) is 0 Å². The quantitative estimate of drug-likeness (QED) is 0.610. The van der Waals surface area contributed by atoms with Gasteiger partial charge in [-0.15, -0.1) is 0 Å². The van der Waals surface area contributed by atoms with Crippen LogP contribution in [0.4, 0.5) is 0 Å². The fourth-order valence-electron chi connectivity index (χ4n) is 1.53. The van der Waals surface area contributed by atoms with Crippen molar-refractivity contribution in [3.63, 3.8) is 0 Å². The Labute approximate surface area is 119 Å². The summed E-state index contributed by atoms with van der Waals surface area (Å²) >= 11 is 0. The van der Waals surface area contributed by atoms with Crippen molar-refractivity contribution < 1.29 is 19.7 Å². The number of hydrogen-bond acceptors (Lipinski definition) is 4. The molecule has 2 N–H and O–H groups in total. The topological polar surface area (TPSA) is 58.9 Å². The van der Waals surface area contributed by atoms with Crippen molar-refractivity contribution in [2.75, 3.05) is 33.0 Å². The van der Waals surface area contributed by atoms with Gasteiger partial charge in [0.15, 0.2) is 0 Å². The van der Waals surface area contributed by atoms with E-state index in [1.165, 1.54) is 19.3 Å². The van der Waals surface area contributed by atoms with Crippen molar-refractivity contribution in [2.24, 2.45) is 5.92 Å². The molecule has 118 valence electrons. The standard InChI is InChI=1S/C11H24O3.C4H10O/c1-3-5-6-10(4-2)8-14-9-11(13)7-12;1-3-5-4-2/h10-13H,3-9H2,1-2H3;3-4H2,1-2H3. The van der Waals surface area contributed by atoms with Crippen molar-refractivity contribution in [2.45, 2.75) is 59.5 Å². The number of rotatable bonds is 11.